The van der Waals surface area contributed by atoms with Crippen molar-refractivity contribution in [3.63, 3.8) is 0 Å². The van der Waals surface area contributed by atoms with E-state index in [2.05, 4.69) is 32.2 Å². The molecule has 3 heteroatoms. The van der Waals surface area contributed by atoms with Crippen LogP contribution < -0.4 is 5.32 Å². The highest BCUT2D eigenvalue weighted by molar-refractivity contribution is 5.97. The van der Waals surface area contributed by atoms with E-state index in [0.717, 1.165) is 5.76 Å². The van der Waals surface area contributed by atoms with E-state index in [9.17, 15) is 4.79 Å². The first-order chi connectivity index (χ1) is 8.35. The van der Waals surface area contributed by atoms with Crippen LogP contribution in [0.2, 0.25) is 0 Å². The molecule has 1 N–H and O–H groups in total. The van der Waals surface area contributed by atoms with Crippen molar-refractivity contribution in [1.29, 1.82) is 0 Å². The Kier molecular flexibility index (Phi) is 4.38. The van der Waals surface area contributed by atoms with Gasteiger partial charge < -0.3 is 10.1 Å². The van der Waals surface area contributed by atoms with Crippen LogP contribution in [-0.2, 0) is 9.53 Å². The molecule has 1 aliphatic carbocycles. The number of hydrogen-bond donors (Lipinski definition) is 1. The van der Waals surface area contributed by atoms with Crippen molar-refractivity contribution in [1.82, 2.24) is 5.32 Å². The fraction of sp³-hybridized carbons (Fsp3) is 0.533. The van der Waals surface area contributed by atoms with Gasteiger partial charge in [-0.3, -0.25) is 4.79 Å². The van der Waals surface area contributed by atoms with Crippen molar-refractivity contribution in [3.8, 4) is 0 Å². The second-order valence-corrected chi connectivity index (χ2v) is 5.42. The van der Waals surface area contributed by atoms with Gasteiger partial charge in [0.2, 0.25) is 0 Å². The predicted molar refractivity (Wildman–Crippen MR) is 74.0 cm³/mol. The number of ether oxygens (including phenoxy) is 1. The van der Waals surface area contributed by atoms with E-state index in [0.29, 0.717) is 12.0 Å². The van der Waals surface area contributed by atoms with E-state index in [-0.39, 0.29) is 11.3 Å². The van der Waals surface area contributed by atoms with Crippen LogP contribution in [0.3, 0.4) is 0 Å². The third-order valence-electron chi connectivity index (χ3n) is 3.16. The van der Waals surface area contributed by atoms with Crippen LogP contribution in [0.15, 0.2) is 34.6 Å². The Morgan fingerprint density at radius 1 is 1.44 bits per heavy atom. The van der Waals surface area contributed by atoms with E-state index in [4.69, 9.17) is 4.74 Å². The molecule has 0 aromatic heterocycles. The maximum atomic E-state index is 11.9. The number of carbonyl (C=O) groups excluding carboxylic acids is 1. The number of rotatable bonds is 2. The summed E-state index contributed by atoms with van der Waals surface area (Å²) >= 11 is 0. The normalized spacial score (nSPS) is 18.8. The number of carbonyl (C=O) groups is 1. The van der Waals surface area contributed by atoms with E-state index < -0.39 is 0 Å². The van der Waals surface area contributed by atoms with Crippen LogP contribution in [0, 0.1) is 5.41 Å². The first kappa shape index (κ1) is 14.6. The molecule has 0 aliphatic heterocycles. The molecule has 0 spiro atoms. The number of likely N-dealkylation sites (N-methyl/N-ethyl adjacent to an activating group) is 1. The highest BCUT2D eigenvalue weighted by Gasteiger charge is 2.28. The number of amides is 1. The van der Waals surface area contributed by atoms with Gasteiger partial charge in [-0.05, 0) is 29.6 Å². The molecule has 0 saturated heterocycles. The van der Waals surface area contributed by atoms with Crippen molar-refractivity contribution in [3.05, 3.63) is 34.6 Å². The van der Waals surface area contributed by atoms with Crippen molar-refractivity contribution in [2.24, 2.45) is 5.41 Å². The molecule has 0 aromatic rings. The Balaban J connectivity index is 3.35. The molecule has 3 nitrogen and oxygen atoms in total. The highest BCUT2D eigenvalue weighted by atomic mass is 16.5. The summed E-state index contributed by atoms with van der Waals surface area (Å²) in [5, 5.41) is 2.66. The van der Waals surface area contributed by atoms with E-state index in [1.165, 1.54) is 11.1 Å². The van der Waals surface area contributed by atoms with Crippen LogP contribution in [-0.4, -0.2) is 20.1 Å². The van der Waals surface area contributed by atoms with Crippen LogP contribution in [0.4, 0.5) is 0 Å². The lowest BCUT2D eigenvalue weighted by Crippen LogP contribution is -2.25. The summed E-state index contributed by atoms with van der Waals surface area (Å²) in [4.78, 5) is 11.9. The van der Waals surface area contributed by atoms with Crippen molar-refractivity contribution in [2.45, 2.75) is 34.1 Å². The van der Waals surface area contributed by atoms with Crippen LogP contribution in [0.5, 0.6) is 0 Å². The lowest BCUT2D eigenvalue weighted by atomic mass is 9.77. The largest absolute Gasteiger partial charge is 0.500 e. The molecule has 0 bridgehead atoms. The molecular weight excluding hydrogens is 226 g/mol. The standard InChI is InChI=1S/C15H23NO2/c1-7-10-8-13(18-6)11(14(17)16-5)9-12(10)15(2,3)4/h7,9H,8H2,1-6H3,(H,16,17)/b10-7-. The molecule has 0 aromatic carbocycles. The first-order valence-electron chi connectivity index (χ1n) is 6.22. The highest BCUT2D eigenvalue weighted by Crippen LogP contribution is 2.39. The zero-order valence-electron chi connectivity index (χ0n) is 12.2. The molecule has 18 heavy (non-hydrogen) atoms. The van der Waals surface area contributed by atoms with Gasteiger partial charge in [0.05, 0.1) is 12.7 Å². The van der Waals surface area contributed by atoms with Gasteiger partial charge in [-0.2, -0.15) is 0 Å². The van der Waals surface area contributed by atoms with Crippen molar-refractivity contribution < 1.29 is 9.53 Å². The maximum absolute atomic E-state index is 11.9. The Morgan fingerprint density at radius 3 is 2.44 bits per heavy atom. The van der Waals surface area contributed by atoms with Gasteiger partial charge in [0.25, 0.3) is 5.91 Å². The minimum absolute atomic E-state index is 0.0143. The fourth-order valence-electron chi connectivity index (χ4n) is 2.15. The molecule has 0 saturated carbocycles. The minimum Gasteiger partial charge on any atom is -0.500 e. The SMILES string of the molecule is C/C=C1/CC(OC)=C(C(=O)NC)C=C1C(C)(C)C. The Labute approximate surface area is 110 Å². The van der Waals surface area contributed by atoms with Gasteiger partial charge >= 0.3 is 0 Å². The molecule has 1 rings (SSSR count). The molecular formula is C15H23NO2. The molecule has 1 aliphatic rings. The zero-order valence-corrected chi connectivity index (χ0v) is 12.2. The predicted octanol–water partition coefficient (Wildman–Crippen LogP) is 2.96. The Morgan fingerprint density at radius 2 is 2.06 bits per heavy atom. The number of methoxy groups -OCH3 is 1. The quantitative estimate of drug-likeness (QED) is 0.817. The van der Waals surface area contributed by atoms with Gasteiger partial charge in [0, 0.05) is 13.5 Å². The lowest BCUT2D eigenvalue weighted by molar-refractivity contribution is -0.116. The van der Waals surface area contributed by atoms with Crippen molar-refractivity contribution in [2.75, 3.05) is 14.2 Å². The second-order valence-electron chi connectivity index (χ2n) is 5.42. The van der Waals surface area contributed by atoms with Gasteiger partial charge in [-0.25, -0.2) is 0 Å². The first-order valence-corrected chi connectivity index (χ1v) is 6.22. The summed E-state index contributed by atoms with van der Waals surface area (Å²) in [5.74, 6) is 0.638. The van der Waals surface area contributed by atoms with Crippen LogP contribution in [0.1, 0.15) is 34.1 Å². The molecule has 0 atom stereocenters. The van der Waals surface area contributed by atoms with Crippen LogP contribution >= 0.6 is 0 Å². The molecule has 0 radical (unpaired) electrons. The summed E-state index contributed by atoms with van der Waals surface area (Å²) in [6.45, 7) is 8.48. The van der Waals surface area contributed by atoms with Crippen LogP contribution in [0.25, 0.3) is 0 Å². The molecule has 0 heterocycles. The number of hydrogen-bond acceptors (Lipinski definition) is 2. The van der Waals surface area contributed by atoms with Gasteiger partial charge in [-0.1, -0.05) is 26.8 Å². The van der Waals surface area contributed by atoms with E-state index in [1.54, 1.807) is 14.2 Å². The molecule has 1 amide bonds. The van der Waals surface area contributed by atoms with Gasteiger partial charge in [0.1, 0.15) is 5.76 Å². The van der Waals surface area contributed by atoms with Gasteiger partial charge in [0.15, 0.2) is 0 Å². The molecule has 0 unspecified atom stereocenters. The van der Waals surface area contributed by atoms with E-state index in [1.807, 2.05) is 13.0 Å². The molecule has 100 valence electrons. The lowest BCUT2D eigenvalue weighted by Gasteiger charge is -2.30. The summed E-state index contributed by atoms with van der Waals surface area (Å²) in [6.07, 6.45) is 4.73. The monoisotopic (exact) mass is 249 g/mol. The van der Waals surface area contributed by atoms with Crippen molar-refractivity contribution >= 4 is 5.91 Å². The minimum atomic E-state index is -0.0937. The topological polar surface area (TPSA) is 38.3 Å². The Hall–Kier alpha value is -1.51. The average Bonchev–Trinajstić information content (AvgIpc) is 2.34. The fourth-order valence-corrected chi connectivity index (χ4v) is 2.15. The Bertz CT molecular complexity index is 434. The summed E-state index contributed by atoms with van der Waals surface area (Å²) < 4.78 is 5.35. The number of nitrogens with one attached hydrogen (secondary N) is 1. The smallest absolute Gasteiger partial charge is 0.254 e. The maximum Gasteiger partial charge on any atom is 0.254 e. The zero-order chi connectivity index (χ0) is 13.9. The number of allylic oxidation sites excluding steroid dienone is 3. The summed E-state index contributed by atoms with van der Waals surface area (Å²) in [5.41, 5.74) is 3.08. The second kappa shape index (κ2) is 5.42. The third-order valence-corrected chi connectivity index (χ3v) is 3.16. The summed E-state index contributed by atoms with van der Waals surface area (Å²) in [6, 6.07) is 0. The van der Waals surface area contributed by atoms with E-state index >= 15 is 0 Å². The summed E-state index contributed by atoms with van der Waals surface area (Å²) in [7, 11) is 3.25. The molecule has 0 fully saturated rings. The third kappa shape index (κ3) is 2.84. The van der Waals surface area contributed by atoms with Gasteiger partial charge in [-0.15, -0.1) is 0 Å². The average molecular weight is 249 g/mol.